The number of hydrogen-bond donors (Lipinski definition) is 1. The Balaban J connectivity index is 3.00. The van der Waals surface area contributed by atoms with E-state index in [1.54, 1.807) is 6.07 Å². The minimum atomic E-state index is -7.03. The molecule has 1 rings (SSSR count). The van der Waals surface area contributed by atoms with E-state index in [0.29, 0.717) is 0 Å². The first-order valence-corrected chi connectivity index (χ1v) is 6.17. The van der Waals surface area contributed by atoms with Crippen molar-refractivity contribution in [3.8, 4) is 11.8 Å². The number of aliphatic hydroxyl groups excluding tert-OH is 1. The van der Waals surface area contributed by atoms with Gasteiger partial charge in [0, 0.05) is 12.0 Å². The molecule has 0 amide bonds. The van der Waals surface area contributed by atoms with E-state index in [2.05, 4.69) is 5.92 Å². The average Bonchev–Trinajstić information content (AvgIpc) is 2.46. The molecule has 0 heterocycles. The van der Waals surface area contributed by atoms with Crippen LogP contribution < -0.4 is 0 Å². The second kappa shape index (κ2) is 6.55. The molecule has 1 nitrogen and oxygen atoms in total. The van der Waals surface area contributed by atoms with Gasteiger partial charge >= 0.3 is 23.9 Å². The maximum absolute atomic E-state index is 13.3. The molecule has 0 saturated heterocycles. The fourth-order valence-electron chi connectivity index (χ4n) is 1.50. The molecule has 0 spiro atoms. The van der Waals surface area contributed by atoms with Crippen LogP contribution in [-0.4, -0.2) is 35.2 Å². The Morgan fingerprint density at radius 2 is 1.33 bits per heavy atom. The standard InChI is InChI=1S/C14H9F9O/c15-11(16,12(17,18)13(19,20)14(21,22)23)10(24)8-4-7-9-5-2-1-3-6-9/h1-3,5-6,10,24H,8H2. The van der Waals surface area contributed by atoms with Crippen LogP contribution in [0.1, 0.15) is 12.0 Å². The second-order valence-electron chi connectivity index (χ2n) is 4.66. The summed E-state index contributed by atoms with van der Waals surface area (Å²) < 4.78 is 114. The summed E-state index contributed by atoms with van der Waals surface area (Å²) in [6.07, 6.45) is -11.9. The highest BCUT2D eigenvalue weighted by molar-refractivity contribution is 5.33. The summed E-state index contributed by atoms with van der Waals surface area (Å²) in [5, 5.41) is 8.99. The van der Waals surface area contributed by atoms with Crippen LogP contribution in [0.15, 0.2) is 30.3 Å². The molecule has 1 aromatic rings. The first-order chi connectivity index (χ1) is 10.7. The largest absolute Gasteiger partial charge is 0.460 e. The van der Waals surface area contributed by atoms with Crippen molar-refractivity contribution in [2.24, 2.45) is 0 Å². The zero-order valence-electron chi connectivity index (χ0n) is 11.5. The molecule has 0 bridgehead atoms. The molecule has 0 aliphatic heterocycles. The molecule has 0 radical (unpaired) electrons. The third-order valence-electron chi connectivity index (χ3n) is 2.89. The first kappa shape index (κ1) is 20.2. The van der Waals surface area contributed by atoms with E-state index in [-0.39, 0.29) is 5.56 Å². The molecule has 134 valence electrons. The van der Waals surface area contributed by atoms with Gasteiger partial charge in [-0.05, 0) is 12.1 Å². The summed E-state index contributed by atoms with van der Waals surface area (Å²) in [6, 6.07) is 7.35. The minimum Gasteiger partial charge on any atom is -0.386 e. The van der Waals surface area contributed by atoms with E-state index in [1.807, 2.05) is 5.92 Å². The Hall–Kier alpha value is -1.89. The molecular formula is C14H9F9O. The lowest BCUT2D eigenvalue weighted by molar-refractivity contribution is -0.405. The number of alkyl halides is 9. The van der Waals surface area contributed by atoms with E-state index in [1.165, 1.54) is 24.3 Å². The monoisotopic (exact) mass is 364 g/mol. The highest BCUT2D eigenvalue weighted by atomic mass is 19.4. The molecule has 1 N–H and O–H groups in total. The van der Waals surface area contributed by atoms with E-state index in [0.717, 1.165) is 0 Å². The van der Waals surface area contributed by atoms with Crippen LogP contribution in [0.3, 0.4) is 0 Å². The number of rotatable bonds is 4. The summed E-state index contributed by atoms with van der Waals surface area (Å²) in [5.41, 5.74) is 0.236. The van der Waals surface area contributed by atoms with Crippen LogP contribution >= 0.6 is 0 Å². The first-order valence-electron chi connectivity index (χ1n) is 6.17. The predicted molar refractivity (Wildman–Crippen MR) is 64.8 cm³/mol. The van der Waals surface area contributed by atoms with Crippen molar-refractivity contribution in [2.75, 3.05) is 0 Å². The normalized spacial score (nSPS) is 14.8. The van der Waals surface area contributed by atoms with Crippen molar-refractivity contribution in [3.63, 3.8) is 0 Å². The van der Waals surface area contributed by atoms with Gasteiger partial charge in [-0.25, -0.2) is 0 Å². The smallest absolute Gasteiger partial charge is 0.386 e. The molecule has 1 unspecified atom stereocenters. The molecular weight excluding hydrogens is 355 g/mol. The van der Waals surface area contributed by atoms with Crippen molar-refractivity contribution in [2.45, 2.75) is 36.5 Å². The van der Waals surface area contributed by atoms with Crippen molar-refractivity contribution in [1.82, 2.24) is 0 Å². The lowest BCUT2D eigenvalue weighted by atomic mass is 9.97. The van der Waals surface area contributed by atoms with Crippen LogP contribution in [0.25, 0.3) is 0 Å². The summed E-state index contributed by atoms with van der Waals surface area (Å²) in [5.74, 6) is -15.9. The van der Waals surface area contributed by atoms with E-state index in [9.17, 15) is 39.5 Å². The Labute approximate surface area is 130 Å². The molecule has 0 saturated carbocycles. The summed E-state index contributed by atoms with van der Waals surface area (Å²) in [7, 11) is 0. The van der Waals surface area contributed by atoms with Crippen LogP contribution in [0.5, 0.6) is 0 Å². The zero-order chi connectivity index (χ0) is 18.8. The maximum atomic E-state index is 13.3. The van der Waals surface area contributed by atoms with Crippen molar-refractivity contribution >= 4 is 0 Å². The molecule has 1 atom stereocenters. The van der Waals surface area contributed by atoms with Crippen molar-refractivity contribution in [1.29, 1.82) is 0 Å². The Morgan fingerprint density at radius 3 is 1.79 bits per heavy atom. The van der Waals surface area contributed by atoms with Crippen molar-refractivity contribution in [3.05, 3.63) is 35.9 Å². The van der Waals surface area contributed by atoms with Crippen LogP contribution in [-0.2, 0) is 0 Å². The quantitative estimate of drug-likeness (QED) is 0.625. The second-order valence-corrected chi connectivity index (χ2v) is 4.66. The molecule has 24 heavy (non-hydrogen) atoms. The van der Waals surface area contributed by atoms with Crippen LogP contribution in [0, 0.1) is 11.8 Å². The summed E-state index contributed by atoms with van der Waals surface area (Å²) in [4.78, 5) is 0. The van der Waals surface area contributed by atoms with Gasteiger partial charge in [-0.15, -0.1) is 0 Å². The Kier molecular flexibility index (Phi) is 5.50. The van der Waals surface area contributed by atoms with Gasteiger partial charge in [0.25, 0.3) is 0 Å². The predicted octanol–water partition coefficient (Wildman–Crippen LogP) is 4.26. The number of aliphatic hydroxyl groups is 1. The Bertz CT molecular complexity index is 611. The number of halogens is 9. The molecule has 0 aliphatic rings. The number of benzene rings is 1. The van der Waals surface area contributed by atoms with Gasteiger partial charge in [0.2, 0.25) is 0 Å². The SMILES string of the molecule is OC(CC#Cc1ccccc1)C(F)(F)C(F)(F)C(F)(F)C(F)(F)F. The van der Waals surface area contributed by atoms with E-state index in [4.69, 9.17) is 5.11 Å². The summed E-state index contributed by atoms with van der Waals surface area (Å²) >= 11 is 0. The van der Waals surface area contributed by atoms with Gasteiger partial charge in [0.05, 0.1) is 0 Å². The highest BCUT2D eigenvalue weighted by Gasteiger charge is 2.82. The van der Waals surface area contributed by atoms with Crippen LogP contribution in [0.4, 0.5) is 39.5 Å². The van der Waals surface area contributed by atoms with Gasteiger partial charge in [0.1, 0.15) is 6.10 Å². The van der Waals surface area contributed by atoms with Gasteiger partial charge in [0.15, 0.2) is 0 Å². The Morgan fingerprint density at radius 1 is 0.833 bits per heavy atom. The molecule has 0 fully saturated rings. The molecule has 1 aromatic carbocycles. The molecule has 10 heteroatoms. The average molecular weight is 364 g/mol. The van der Waals surface area contributed by atoms with Gasteiger partial charge < -0.3 is 5.11 Å². The van der Waals surface area contributed by atoms with Gasteiger partial charge in [-0.1, -0.05) is 30.0 Å². The lowest BCUT2D eigenvalue weighted by Gasteiger charge is -2.35. The molecule has 0 aliphatic carbocycles. The van der Waals surface area contributed by atoms with Gasteiger partial charge in [-0.3, -0.25) is 0 Å². The van der Waals surface area contributed by atoms with E-state index < -0.39 is 36.5 Å². The lowest BCUT2D eigenvalue weighted by Crippen LogP contribution is -2.64. The third-order valence-corrected chi connectivity index (χ3v) is 2.89. The number of hydrogen-bond acceptors (Lipinski definition) is 1. The maximum Gasteiger partial charge on any atom is 0.460 e. The fraction of sp³-hybridized carbons (Fsp3) is 0.429. The fourth-order valence-corrected chi connectivity index (χ4v) is 1.50. The van der Waals surface area contributed by atoms with Crippen molar-refractivity contribution < 1.29 is 44.6 Å². The molecule has 0 aromatic heterocycles. The summed E-state index contributed by atoms with van der Waals surface area (Å²) in [6.45, 7) is 0. The van der Waals surface area contributed by atoms with Crippen LogP contribution in [0.2, 0.25) is 0 Å². The highest BCUT2D eigenvalue weighted by Crippen LogP contribution is 2.54. The topological polar surface area (TPSA) is 20.2 Å². The van der Waals surface area contributed by atoms with E-state index >= 15 is 0 Å². The van der Waals surface area contributed by atoms with Gasteiger partial charge in [-0.2, -0.15) is 39.5 Å². The third kappa shape index (κ3) is 3.61. The zero-order valence-corrected chi connectivity index (χ0v) is 11.5. The minimum absolute atomic E-state index is 0.236.